The molecule has 0 heterocycles. The molecule has 0 saturated carbocycles. The highest BCUT2D eigenvalue weighted by Crippen LogP contribution is 2.43. The molecule has 0 saturated heterocycles. The Kier molecular flexibility index (Phi) is 61.1. The molecule has 3 unspecified atom stereocenters. The number of esters is 3. The minimum Gasteiger partial charge on any atom is -0.462 e. The first-order chi connectivity index (χ1) is 40.2. The van der Waals surface area contributed by atoms with Gasteiger partial charge in [-0.3, -0.25) is 23.4 Å². The van der Waals surface area contributed by atoms with Gasteiger partial charge in [0.1, 0.15) is 12.7 Å². The summed E-state index contributed by atoms with van der Waals surface area (Å²) in [5.41, 5.74) is 0. The number of unbranched alkanes of at least 4 members (excludes halogenated alkanes) is 31. The van der Waals surface area contributed by atoms with E-state index in [0.717, 1.165) is 77.0 Å². The SMILES string of the molecule is CC/C=C\C/C=C\C/C=C\C/C=C\C/C=C\C/C=C\CCC(=O)OC(COC(=O)CCCCCCCCCCCCCCCCCCC)COP(=O)(O)OCC(CO)OC(=O)CCCCCCCCCCC/C=C\CCCCCCCC. The lowest BCUT2D eigenvalue weighted by molar-refractivity contribution is -0.161. The molecule has 0 radical (unpaired) electrons. The number of carbonyl (C=O) groups is 3. The summed E-state index contributed by atoms with van der Waals surface area (Å²) in [5.74, 6) is -1.55. The molecular weight excluding hydrogens is 1050 g/mol. The lowest BCUT2D eigenvalue weighted by atomic mass is 10.0. The standard InChI is InChI=1S/C70H123O11P/c1-4-7-10-13-16-19-22-25-28-31-33-36-39-42-45-48-51-54-57-60-69(73)80-66(62-71)64-78-82(75,76)79-65-67(63-77-68(72)59-56-53-50-47-44-41-38-35-30-27-24-21-18-15-12-9-6-3)81-70(74)61-58-55-52-49-46-43-40-37-34-32-29-26-23-20-17-14-11-8-5-2/h8,11,17,20,25-26,28-29,34,37,43,46,52,55,66-67,71H,4-7,9-10,12-16,18-19,21-24,27,30-33,35-36,38-42,44-45,47-51,53-54,56-65H2,1-3H3,(H,75,76)/b11-8-,20-17-,28-25-,29-26-,37-34-,46-43-,55-52-. The van der Waals surface area contributed by atoms with Crippen molar-refractivity contribution < 1.29 is 52.2 Å². The molecule has 0 rings (SSSR count). The molecule has 0 bridgehead atoms. The Balaban J connectivity index is 4.75. The van der Waals surface area contributed by atoms with E-state index in [1.54, 1.807) is 0 Å². The summed E-state index contributed by atoms with van der Waals surface area (Å²) in [4.78, 5) is 48.8. The van der Waals surface area contributed by atoms with E-state index in [9.17, 15) is 28.9 Å². The molecule has 0 fully saturated rings. The summed E-state index contributed by atoms with van der Waals surface area (Å²) < 4.78 is 39.7. The van der Waals surface area contributed by atoms with Crippen molar-refractivity contribution in [3.8, 4) is 0 Å². The van der Waals surface area contributed by atoms with E-state index in [1.165, 1.54) is 167 Å². The van der Waals surface area contributed by atoms with Gasteiger partial charge in [0.25, 0.3) is 0 Å². The highest BCUT2D eigenvalue weighted by Gasteiger charge is 2.28. The van der Waals surface area contributed by atoms with Crippen molar-refractivity contribution in [3.63, 3.8) is 0 Å². The molecule has 0 spiro atoms. The number of allylic oxidation sites excluding steroid dienone is 14. The first-order valence-corrected chi connectivity index (χ1v) is 35.0. The molecule has 0 aliphatic rings. The van der Waals surface area contributed by atoms with Gasteiger partial charge in [0.2, 0.25) is 0 Å². The Morgan fingerprint density at radius 1 is 0.354 bits per heavy atom. The van der Waals surface area contributed by atoms with Crippen LogP contribution in [0.2, 0.25) is 0 Å². The second-order valence-electron chi connectivity index (χ2n) is 22.3. The second kappa shape index (κ2) is 63.7. The smallest absolute Gasteiger partial charge is 0.462 e. The van der Waals surface area contributed by atoms with Gasteiger partial charge in [0, 0.05) is 19.3 Å². The summed E-state index contributed by atoms with van der Waals surface area (Å²) in [6.45, 7) is 4.50. The monoisotopic (exact) mass is 1170 g/mol. The maximum Gasteiger partial charge on any atom is 0.472 e. The third kappa shape index (κ3) is 61.2. The number of aliphatic hydroxyl groups excluding tert-OH is 1. The van der Waals surface area contributed by atoms with Gasteiger partial charge in [-0.1, -0.05) is 286 Å². The largest absolute Gasteiger partial charge is 0.472 e. The van der Waals surface area contributed by atoms with Crippen LogP contribution in [-0.2, 0) is 42.2 Å². The van der Waals surface area contributed by atoms with Crippen molar-refractivity contribution in [1.29, 1.82) is 0 Å². The van der Waals surface area contributed by atoms with E-state index < -0.39 is 57.8 Å². The van der Waals surface area contributed by atoms with Gasteiger partial charge in [-0.15, -0.1) is 0 Å². The van der Waals surface area contributed by atoms with E-state index in [2.05, 4.69) is 93.7 Å². The number of phosphoric ester groups is 1. The Bertz CT molecular complexity index is 1700. The molecule has 82 heavy (non-hydrogen) atoms. The highest BCUT2D eigenvalue weighted by molar-refractivity contribution is 7.47. The molecule has 0 aromatic carbocycles. The van der Waals surface area contributed by atoms with Crippen LogP contribution in [0.3, 0.4) is 0 Å². The maximum absolute atomic E-state index is 13.0. The molecule has 2 N–H and O–H groups in total. The third-order valence-electron chi connectivity index (χ3n) is 14.3. The lowest BCUT2D eigenvalue weighted by Gasteiger charge is -2.21. The summed E-state index contributed by atoms with van der Waals surface area (Å²) in [6.07, 6.45) is 75.5. The van der Waals surface area contributed by atoms with Crippen LogP contribution in [0.5, 0.6) is 0 Å². The number of hydrogen-bond donors (Lipinski definition) is 2. The zero-order valence-corrected chi connectivity index (χ0v) is 53.6. The molecular formula is C70H123O11P. The van der Waals surface area contributed by atoms with Crippen LogP contribution >= 0.6 is 7.82 Å². The van der Waals surface area contributed by atoms with Crippen LogP contribution in [0.4, 0.5) is 0 Å². The zero-order valence-electron chi connectivity index (χ0n) is 52.7. The molecule has 0 aromatic heterocycles. The number of rotatable bonds is 62. The highest BCUT2D eigenvalue weighted by atomic mass is 31.2. The first kappa shape index (κ1) is 78.7. The fraction of sp³-hybridized carbons (Fsp3) is 0.757. The van der Waals surface area contributed by atoms with Crippen LogP contribution in [0.25, 0.3) is 0 Å². The van der Waals surface area contributed by atoms with Crippen molar-refractivity contribution in [3.05, 3.63) is 85.1 Å². The van der Waals surface area contributed by atoms with E-state index in [-0.39, 0.29) is 25.9 Å². The van der Waals surface area contributed by atoms with E-state index >= 15 is 0 Å². The van der Waals surface area contributed by atoms with Crippen LogP contribution in [0.15, 0.2) is 85.1 Å². The lowest BCUT2D eigenvalue weighted by Crippen LogP contribution is -2.30. The topological polar surface area (TPSA) is 155 Å². The van der Waals surface area contributed by atoms with Crippen molar-refractivity contribution in [1.82, 2.24) is 0 Å². The Morgan fingerprint density at radius 2 is 0.659 bits per heavy atom. The number of ether oxygens (including phenoxy) is 3. The van der Waals surface area contributed by atoms with Crippen molar-refractivity contribution >= 4 is 25.7 Å². The van der Waals surface area contributed by atoms with E-state index in [4.69, 9.17) is 23.3 Å². The van der Waals surface area contributed by atoms with Gasteiger partial charge in [0.05, 0.1) is 19.8 Å². The van der Waals surface area contributed by atoms with Gasteiger partial charge in [0.15, 0.2) is 6.10 Å². The number of phosphoric acid groups is 1. The minimum atomic E-state index is -4.78. The average Bonchev–Trinajstić information content (AvgIpc) is 3.50. The maximum atomic E-state index is 13.0. The summed E-state index contributed by atoms with van der Waals surface area (Å²) >= 11 is 0. The van der Waals surface area contributed by atoms with Crippen LogP contribution in [0.1, 0.15) is 303 Å². The molecule has 0 amide bonds. The molecule has 0 aromatic rings. The van der Waals surface area contributed by atoms with Gasteiger partial charge in [-0.05, 0) is 83.5 Å². The first-order valence-electron chi connectivity index (χ1n) is 33.5. The van der Waals surface area contributed by atoms with Gasteiger partial charge in [-0.25, -0.2) is 4.57 Å². The van der Waals surface area contributed by atoms with Crippen molar-refractivity contribution in [2.24, 2.45) is 0 Å². The Labute approximate surface area is 502 Å². The normalized spacial score (nSPS) is 13.8. The number of aliphatic hydroxyl groups is 1. The van der Waals surface area contributed by atoms with E-state index in [1.807, 2.05) is 12.2 Å². The van der Waals surface area contributed by atoms with Crippen molar-refractivity contribution in [2.45, 2.75) is 315 Å². The quantitative estimate of drug-likeness (QED) is 0.0197. The Hall–Kier alpha value is -3.34. The average molecular weight is 1170 g/mol. The summed E-state index contributed by atoms with van der Waals surface area (Å²) in [7, 11) is -4.78. The molecule has 0 aliphatic heterocycles. The predicted molar refractivity (Wildman–Crippen MR) is 344 cm³/mol. The van der Waals surface area contributed by atoms with Gasteiger partial charge in [-0.2, -0.15) is 0 Å². The van der Waals surface area contributed by atoms with Crippen molar-refractivity contribution in [2.75, 3.05) is 26.4 Å². The van der Waals surface area contributed by atoms with Gasteiger partial charge >= 0.3 is 25.7 Å². The minimum absolute atomic E-state index is 0.0422. The van der Waals surface area contributed by atoms with Crippen LogP contribution in [0, 0.1) is 0 Å². The van der Waals surface area contributed by atoms with Crippen LogP contribution in [-0.4, -0.2) is 66.5 Å². The zero-order chi connectivity index (χ0) is 59.8. The fourth-order valence-electron chi connectivity index (χ4n) is 9.26. The predicted octanol–water partition coefficient (Wildman–Crippen LogP) is 20.6. The fourth-order valence-corrected chi connectivity index (χ4v) is 10.0. The molecule has 474 valence electrons. The molecule has 3 atom stereocenters. The summed E-state index contributed by atoms with van der Waals surface area (Å²) in [5, 5.41) is 9.87. The van der Waals surface area contributed by atoms with E-state index in [0.29, 0.717) is 19.3 Å². The van der Waals surface area contributed by atoms with Gasteiger partial charge < -0.3 is 24.2 Å². The number of carbonyl (C=O) groups excluding carboxylic acids is 3. The number of hydrogen-bond acceptors (Lipinski definition) is 10. The summed E-state index contributed by atoms with van der Waals surface area (Å²) in [6, 6.07) is 0. The van der Waals surface area contributed by atoms with Crippen LogP contribution < -0.4 is 0 Å². The third-order valence-corrected chi connectivity index (χ3v) is 15.3. The molecule has 0 aliphatic carbocycles. The Morgan fingerprint density at radius 3 is 1.05 bits per heavy atom. The second-order valence-corrected chi connectivity index (χ2v) is 23.7. The molecule has 12 heteroatoms. The molecule has 11 nitrogen and oxygen atoms in total.